The highest BCUT2D eigenvalue weighted by Crippen LogP contribution is 2.17. The van der Waals surface area contributed by atoms with Gasteiger partial charge in [0.2, 0.25) is 0 Å². The maximum atomic E-state index is 13.2. The molecule has 0 bridgehead atoms. The molecule has 0 aliphatic carbocycles. The smallest absolute Gasteiger partial charge is 0.357 e. The summed E-state index contributed by atoms with van der Waals surface area (Å²) in [6, 6.07) is 5.74. The maximum absolute atomic E-state index is 13.2. The average Bonchev–Trinajstić information content (AvgIpc) is 3.09. The molecule has 0 saturated heterocycles. The van der Waals surface area contributed by atoms with E-state index < -0.39 is 17.7 Å². The van der Waals surface area contributed by atoms with Gasteiger partial charge in [0.05, 0.1) is 18.3 Å². The van der Waals surface area contributed by atoms with Gasteiger partial charge in [0.25, 0.3) is 5.91 Å². The van der Waals surface area contributed by atoms with Crippen LogP contribution in [0.15, 0.2) is 30.5 Å². The topological polar surface area (TPSA) is 85.6 Å². The van der Waals surface area contributed by atoms with Gasteiger partial charge in [0.1, 0.15) is 11.5 Å². The molecule has 0 unspecified atom stereocenters. The number of hydrogen-bond donors (Lipinski definition) is 1. The molecular formula is C17H14ClFN4O3. The van der Waals surface area contributed by atoms with Gasteiger partial charge in [-0.3, -0.25) is 4.79 Å². The number of nitrogens with zero attached hydrogens (tertiary/aromatic N) is 3. The Bertz CT molecular complexity index is 1020. The fourth-order valence-electron chi connectivity index (χ4n) is 2.50. The number of carbonyl (C=O) groups is 2. The summed E-state index contributed by atoms with van der Waals surface area (Å²) in [5.41, 5.74) is 1.50. The molecule has 0 fully saturated rings. The number of hydrogen-bond acceptors (Lipinski definition) is 5. The van der Waals surface area contributed by atoms with Crippen molar-refractivity contribution in [2.75, 3.05) is 7.11 Å². The molecule has 0 spiro atoms. The second-order valence-electron chi connectivity index (χ2n) is 5.46. The lowest BCUT2D eigenvalue weighted by Gasteiger charge is -2.12. The quantitative estimate of drug-likeness (QED) is 0.707. The molecule has 1 aromatic carbocycles. The molecule has 1 amide bonds. The van der Waals surface area contributed by atoms with Gasteiger partial charge in [-0.1, -0.05) is 17.7 Å². The zero-order valence-corrected chi connectivity index (χ0v) is 14.7. The molecule has 7 nitrogen and oxygen atoms in total. The van der Waals surface area contributed by atoms with Crippen LogP contribution in [0.3, 0.4) is 0 Å². The third-order valence-corrected chi connectivity index (χ3v) is 4.09. The number of aromatic nitrogens is 3. The minimum absolute atomic E-state index is 0.0280. The van der Waals surface area contributed by atoms with Crippen molar-refractivity contribution in [1.29, 1.82) is 0 Å². The summed E-state index contributed by atoms with van der Waals surface area (Å²) in [5.74, 6) is -1.65. The first-order valence-corrected chi connectivity index (χ1v) is 7.95. The van der Waals surface area contributed by atoms with Crippen molar-refractivity contribution in [3.05, 3.63) is 63.8 Å². The predicted octanol–water partition coefficient (Wildman–Crippen LogP) is 2.55. The van der Waals surface area contributed by atoms with Gasteiger partial charge in [0, 0.05) is 18.2 Å². The summed E-state index contributed by atoms with van der Waals surface area (Å²) in [6.07, 6.45) is 1.47. The SMILES string of the molecule is COC(=O)c1c(C)c(C(=O)NCc2ccc(F)c(Cl)c2)nc2ccnn12. The number of nitrogens with one attached hydrogen (secondary N) is 1. The molecule has 26 heavy (non-hydrogen) atoms. The molecule has 0 aliphatic heterocycles. The third-order valence-electron chi connectivity index (χ3n) is 3.80. The highest BCUT2D eigenvalue weighted by molar-refractivity contribution is 6.30. The van der Waals surface area contributed by atoms with Crippen LogP contribution in [0.1, 0.15) is 32.1 Å². The molecule has 134 valence electrons. The molecule has 3 aromatic rings. The summed E-state index contributed by atoms with van der Waals surface area (Å²) in [6.45, 7) is 1.71. The lowest BCUT2D eigenvalue weighted by atomic mass is 10.1. The fraction of sp³-hybridized carbons (Fsp3) is 0.176. The highest BCUT2D eigenvalue weighted by atomic mass is 35.5. The standard InChI is InChI=1S/C17H14ClFN4O3/c1-9-14(16(24)20-8-10-3-4-12(19)11(18)7-10)22-13-5-6-21-23(13)15(9)17(25)26-2/h3-7H,8H2,1-2H3,(H,20,24). The number of halogens is 2. The first-order valence-electron chi connectivity index (χ1n) is 7.57. The average molecular weight is 377 g/mol. The molecule has 2 aromatic heterocycles. The van der Waals surface area contributed by atoms with E-state index in [0.717, 1.165) is 0 Å². The van der Waals surface area contributed by atoms with E-state index in [1.165, 1.54) is 36.0 Å². The molecule has 0 aliphatic rings. The summed E-state index contributed by atoms with van der Waals surface area (Å²) >= 11 is 5.73. The van der Waals surface area contributed by atoms with E-state index in [1.807, 2.05) is 0 Å². The van der Waals surface area contributed by atoms with Crippen molar-refractivity contribution in [1.82, 2.24) is 19.9 Å². The second-order valence-corrected chi connectivity index (χ2v) is 5.87. The van der Waals surface area contributed by atoms with E-state index in [-0.39, 0.29) is 23.0 Å². The van der Waals surface area contributed by atoms with Gasteiger partial charge < -0.3 is 10.1 Å². The molecule has 2 heterocycles. The molecule has 0 radical (unpaired) electrons. The van der Waals surface area contributed by atoms with Crippen LogP contribution in [0, 0.1) is 12.7 Å². The van der Waals surface area contributed by atoms with E-state index in [0.29, 0.717) is 16.8 Å². The van der Waals surface area contributed by atoms with E-state index in [9.17, 15) is 14.0 Å². The Hall–Kier alpha value is -3.00. The van der Waals surface area contributed by atoms with Crippen molar-refractivity contribution < 1.29 is 18.7 Å². The van der Waals surface area contributed by atoms with Crippen LogP contribution in [0.2, 0.25) is 5.02 Å². The zero-order chi connectivity index (χ0) is 18.8. The van der Waals surface area contributed by atoms with Crippen LogP contribution in [0.25, 0.3) is 5.65 Å². The largest absolute Gasteiger partial charge is 0.464 e. The molecule has 0 saturated carbocycles. The van der Waals surface area contributed by atoms with E-state index in [1.54, 1.807) is 13.0 Å². The Morgan fingerprint density at radius 3 is 2.81 bits per heavy atom. The number of benzene rings is 1. The zero-order valence-electron chi connectivity index (χ0n) is 13.9. The number of esters is 1. The number of carbonyl (C=O) groups excluding carboxylic acids is 2. The minimum atomic E-state index is -0.627. The number of rotatable bonds is 4. The molecule has 9 heteroatoms. The number of amides is 1. The van der Waals surface area contributed by atoms with Gasteiger partial charge in [-0.25, -0.2) is 18.7 Å². The van der Waals surface area contributed by atoms with Crippen LogP contribution in [0.5, 0.6) is 0 Å². The number of fused-ring (bicyclic) bond motifs is 1. The van der Waals surface area contributed by atoms with E-state index >= 15 is 0 Å². The lowest BCUT2D eigenvalue weighted by molar-refractivity contribution is 0.0589. The van der Waals surface area contributed by atoms with Crippen molar-refractivity contribution in [2.24, 2.45) is 0 Å². The van der Waals surface area contributed by atoms with E-state index in [2.05, 4.69) is 15.4 Å². The second kappa shape index (κ2) is 7.09. The Balaban J connectivity index is 1.91. The molecule has 1 N–H and O–H groups in total. The van der Waals surface area contributed by atoms with Gasteiger partial charge in [-0.15, -0.1) is 0 Å². The van der Waals surface area contributed by atoms with Crippen molar-refractivity contribution in [3.63, 3.8) is 0 Å². The number of ether oxygens (including phenoxy) is 1. The summed E-state index contributed by atoms with van der Waals surface area (Å²) < 4.78 is 19.3. The van der Waals surface area contributed by atoms with Crippen LogP contribution in [-0.4, -0.2) is 33.6 Å². The van der Waals surface area contributed by atoms with Gasteiger partial charge >= 0.3 is 5.97 Å². The van der Waals surface area contributed by atoms with Crippen LogP contribution in [-0.2, 0) is 11.3 Å². The van der Waals surface area contributed by atoms with Crippen molar-refractivity contribution >= 4 is 29.1 Å². The monoisotopic (exact) mass is 376 g/mol. The van der Waals surface area contributed by atoms with Gasteiger partial charge in [0.15, 0.2) is 11.3 Å². The van der Waals surface area contributed by atoms with Crippen molar-refractivity contribution in [3.8, 4) is 0 Å². The molecule has 3 rings (SSSR count). The predicted molar refractivity (Wildman–Crippen MR) is 91.6 cm³/mol. The third kappa shape index (κ3) is 3.23. The fourth-order valence-corrected chi connectivity index (χ4v) is 2.70. The number of methoxy groups -OCH3 is 1. The first kappa shape index (κ1) is 17.8. The Kier molecular flexibility index (Phi) is 4.85. The summed E-state index contributed by atoms with van der Waals surface area (Å²) in [5, 5.41) is 6.68. The molecule has 0 atom stereocenters. The Labute approximate surface area is 152 Å². The maximum Gasteiger partial charge on any atom is 0.357 e. The van der Waals surface area contributed by atoms with Crippen LogP contribution >= 0.6 is 11.6 Å². The van der Waals surface area contributed by atoms with E-state index in [4.69, 9.17) is 16.3 Å². The first-order chi connectivity index (χ1) is 12.4. The normalized spacial score (nSPS) is 10.8. The molecular weight excluding hydrogens is 363 g/mol. The lowest BCUT2D eigenvalue weighted by Crippen LogP contribution is -2.27. The Morgan fingerprint density at radius 2 is 2.12 bits per heavy atom. The van der Waals surface area contributed by atoms with Crippen LogP contribution in [0.4, 0.5) is 4.39 Å². The van der Waals surface area contributed by atoms with Crippen molar-refractivity contribution in [2.45, 2.75) is 13.5 Å². The van der Waals surface area contributed by atoms with Gasteiger partial charge in [-0.2, -0.15) is 5.10 Å². The van der Waals surface area contributed by atoms with Gasteiger partial charge in [-0.05, 0) is 24.6 Å². The minimum Gasteiger partial charge on any atom is -0.464 e. The highest BCUT2D eigenvalue weighted by Gasteiger charge is 2.23. The summed E-state index contributed by atoms with van der Waals surface area (Å²) in [4.78, 5) is 28.9. The van der Waals surface area contributed by atoms with Crippen LogP contribution < -0.4 is 5.32 Å². The Morgan fingerprint density at radius 1 is 1.35 bits per heavy atom. The summed E-state index contributed by atoms with van der Waals surface area (Å²) in [7, 11) is 1.25.